The first-order valence-corrected chi connectivity index (χ1v) is 12.3. The number of nitrogens with zero attached hydrogens (tertiary/aromatic N) is 5. The number of hydrogen-bond acceptors (Lipinski definition) is 7. The molecule has 0 saturated carbocycles. The lowest BCUT2D eigenvalue weighted by Crippen LogP contribution is -2.20. The van der Waals surface area contributed by atoms with Crippen molar-refractivity contribution in [1.82, 2.24) is 29.7 Å². The van der Waals surface area contributed by atoms with Gasteiger partial charge >= 0.3 is 0 Å². The van der Waals surface area contributed by atoms with Gasteiger partial charge in [0.05, 0.1) is 28.8 Å². The summed E-state index contributed by atoms with van der Waals surface area (Å²) in [5, 5.41) is 16.3. The van der Waals surface area contributed by atoms with Crippen LogP contribution in [0.4, 0.5) is 5.82 Å². The number of aromatic hydroxyl groups is 1. The topological polar surface area (TPSA) is 136 Å². The minimum Gasteiger partial charge on any atom is -0.508 e. The Kier molecular flexibility index (Phi) is 5.94. The number of hydrogen-bond donors (Lipinski definition) is 3. The van der Waals surface area contributed by atoms with Crippen LogP contribution >= 0.6 is 11.6 Å². The second-order valence-corrected chi connectivity index (χ2v) is 9.38. The minimum atomic E-state index is -0.480. The summed E-state index contributed by atoms with van der Waals surface area (Å²) in [4.78, 5) is 29.6. The summed E-state index contributed by atoms with van der Waals surface area (Å²) in [5.41, 5.74) is 9.34. The van der Waals surface area contributed by atoms with Gasteiger partial charge in [-0.1, -0.05) is 47.9 Å². The Morgan fingerprint density at radius 3 is 2.69 bits per heavy atom. The van der Waals surface area contributed by atoms with Crippen molar-refractivity contribution in [3.63, 3.8) is 0 Å². The lowest BCUT2D eigenvalue weighted by Gasteiger charge is -2.18. The van der Waals surface area contributed by atoms with Crippen molar-refractivity contribution in [1.29, 1.82) is 0 Å². The maximum atomic E-state index is 13.2. The van der Waals surface area contributed by atoms with Crippen LogP contribution in [0.3, 0.4) is 0 Å². The highest BCUT2D eigenvalue weighted by molar-refractivity contribution is 6.30. The summed E-state index contributed by atoms with van der Waals surface area (Å²) in [5.74, 6) is 2.82. The smallest absolute Gasteiger partial charge is 0.260 e. The molecule has 3 aromatic carbocycles. The molecule has 1 atom stereocenters. The number of fused-ring (bicyclic) bond motifs is 2. The first-order chi connectivity index (χ1) is 18.9. The molecule has 6 aromatic rings. The van der Waals surface area contributed by atoms with Crippen molar-refractivity contribution in [2.24, 2.45) is 0 Å². The van der Waals surface area contributed by atoms with Crippen LogP contribution in [0.25, 0.3) is 33.2 Å². The average Bonchev–Trinajstić information content (AvgIpc) is 3.31. The molecule has 0 amide bonds. The summed E-state index contributed by atoms with van der Waals surface area (Å²) < 4.78 is 1.69. The van der Waals surface area contributed by atoms with E-state index < -0.39 is 5.92 Å². The largest absolute Gasteiger partial charge is 0.508 e. The zero-order chi connectivity index (χ0) is 27.1. The molecule has 4 N–H and O–H groups in total. The fourth-order valence-electron chi connectivity index (χ4n) is 4.75. The van der Waals surface area contributed by atoms with Crippen LogP contribution in [0.5, 0.6) is 5.75 Å². The molecule has 0 aliphatic carbocycles. The number of benzene rings is 3. The Morgan fingerprint density at radius 2 is 1.90 bits per heavy atom. The maximum absolute atomic E-state index is 13.2. The molecule has 39 heavy (non-hydrogen) atoms. The molecule has 6 rings (SSSR count). The van der Waals surface area contributed by atoms with Crippen molar-refractivity contribution in [3.8, 4) is 29.4 Å². The van der Waals surface area contributed by atoms with E-state index in [1.165, 1.54) is 6.33 Å². The molecule has 3 aromatic heterocycles. The molecule has 0 bridgehead atoms. The van der Waals surface area contributed by atoms with Gasteiger partial charge in [-0.2, -0.15) is 5.10 Å². The second-order valence-electron chi connectivity index (χ2n) is 8.94. The van der Waals surface area contributed by atoms with E-state index in [1.54, 1.807) is 47.1 Å². The molecule has 10 heteroatoms. The molecular formula is C29H20ClN7O2. The number of aromatic nitrogens is 6. The Balaban J connectivity index is 1.56. The van der Waals surface area contributed by atoms with E-state index in [9.17, 15) is 9.90 Å². The number of anilines is 1. The zero-order valence-corrected chi connectivity index (χ0v) is 21.1. The van der Waals surface area contributed by atoms with Gasteiger partial charge in [0.1, 0.15) is 29.4 Å². The van der Waals surface area contributed by atoms with Crippen molar-refractivity contribution in [2.75, 3.05) is 5.73 Å². The summed E-state index contributed by atoms with van der Waals surface area (Å²) >= 11 is 6.36. The molecule has 0 aliphatic rings. The Hall–Kier alpha value is -5.20. The fourth-order valence-corrected chi connectivity index (χ4v) is 4.95. The standard InChI is InChI=1S/C29H20ClN7O2/c1-2-16-6-5-11-22-23(16)29(39)35-27(34-22)21(17-7-3-9-19(30)12-17)14-37-28-24(26(31)32-15-33-28)25(36-37)18-8-4-10-20(38)13-18/h1,3-13,15,21,38H,14H2,(H2,31,32,33)(H,34,35,39). The van der Waals surface area contributed by atoms with Gasteiger partial charge in [-0.25, -0.2) is 19.6 Å². The van der Waals surface area contributed by atoms with Gasteiger partial charge in [-0.3, -0.25) is 4.79 Å². The van der Waals surface area contributed by atoms with Gasteiger partial charge in [0, 0.05) is 16.1 Å². The molecule has 0 radical (unpaired) electrons. The number of terminal acetylenes is 1. The third-order valence-electron chi connectivity index (χ3n) is 6.52. The highest BCUT2D eigenvalue weighted by Gasteiger charge is 2.24. The quantitative estimate of drug-likeness (QED) is 0.278. The predicted molar refractivity (Wildman–Crippen MR) is 150 cm³/mol. The van der Waals surface area contributed by atoms with Gasteiger partial charge in [-0.05, 0) is 42.0 Å². The van der Waals surface area contributed by atoms with Crippen LogP contribution in [0.1, 0.15) is 22.9 Å². The number of nitrogens with two attached hydrogens (primary N) is 1. The SMILES string of the molecule is C#Cc1cccc2nc(C(Cn3nc(-c4cccc(O)c4)c4c(N)ncnc43)c3cccc(Cl)c3)[nH]c(=O)c12. The van der Waals surface area contributed by atoms with Gasteiger partial charge in [0.25, 0.3) is 5.56 Å². The second kappa shape index (κ2) is 9.59. The van der Waals surface area contributed by atoms with Crippen molar-refractivity contribution < 1.29 is 5.11 Å². The number of rotatable bonds is 5. The maximum Gasteiger partial charge on any atom is 0.260 e. The van der Waals surface area contributed by atoms with E-state index in [0.717, 1.165) is 5.56 Å². The lowest BCUT2D eigenvalue weighted by molar-refractivity contribution is 0.475. The summed E-state index contributed by atoms with van der Waals surface area (Å²) in [7, 11) is 0. The first kappa shape index (κ1) is 24.2. The van der Waals surface area contributed by atoms with Crippen LogP contribution < -0.4 is 11.3 Å². The Labute approximate surface area is 227 Å². The Bertz CT molecular complexity index is 1990. The summed E-state index contributed by atoms with van der Waals surface area (Å²) in [6.45, 7) is 0.232. The monoisotopic (exact) mass is 533 g/mol. The molecule has 3 heterocycles. The number of halogens is 1. The van der Waals surface area contributed by atoms with E-state index in [-0.39, 0.29) is 23.7 Å². The van der Waals surface area contributed by atoms with Crippen LogP contribution in [0.2, 0.25) is 5.02 Å². The van der Waals surface area contributed by atoms with Crippen molar-refractivity contribution in [2.45, 2.75) is 12.5 Å². The van der Waals surface area contributed by atoms with Gasteiger partial charge in [0.2, 0.25) is 0 Å². The molecule has 0 aliphatic heterocycles. The van der Waals surface area contributed by atoms with Gasteiger partial charge in [-0.15, -0.1) is 6.42 Å². The van der Waals surface area contributed by atoms with E-state index >= 15 is 0 Å². The molecule has 0 saturated heterocycles. The number of phenolic OH excluding ortho intramolecular Hbond substituents is 1. The number of nitrogens with one attached hydrogen (secondary N) is 1. The molecular weight excluding hydrogens is 514 g/mol. The molecule has 0 spiro atoms. The van der Waals surface area contributed by atoms with E-state index in [4.69, 9.17) is 33.8 Å². The number of nitrogen functional groups attached to an aromatic ring is 1. The van der Waals surface area contributed by atoms with Crippen LogP contribution in [-0.2, 0) is 6.54 Å². The van der Waals surface area contributed by atoms with E-state index in [1.807, 2.05) is 24.3 Å². The lowest BCUT2D eigenvalue weighted by atomic mass is 9.97. The highest BCUT2D eigenvalue weighted by atomic mass is 35.5. The third kappa shape index (κ3) is 4.33. The van der Waals surface area contributed by atoms with Crippen molar-refractivity contribution >= 4 is 39.4 Å². The minimum absolute atomic E-state index is 0.0895. The molecule has 0 fully saturated rings. The number of phenols is 1. The fraction of sp³-hybridized carbons (Fsp3) is 0.0690. The van der Waals surface area contributed by atoms with Gasteiger partial charge in [0.15, 0.2) is 5.65 Å². The molecule has 9 nitrogen and oxygen atoms in total. The van der Waals surface area contributed by atoms with Crippen LogP contribution in [0.15, 0.2) is 77.9 Å². The zero-order valence-electron chi connectivity index (χ0n) is 20.3. The van der Waals surface area contributed by atoms with Gasteiger partial charge < -0.3 is 15.8 Å². The predicted octanol–water partition coefficient (Wildman–Crippen LogP) is 4.48. The highest BCUT2D eigenvalue weighted by Crippen LogP contribution is 2.34. The van der Waals surface area contributed by atoms with E-state index in [2.05, 4.69) is 20.9 Å². The van der Waals surface area contributed by atoms with Crippen LogP contribution in [0, 0.1) is 12.3 Å². The summed E-state index contributed by atoms with van der Waals surface area (Å²) in [6, 6.07) is 19.3. The average molecular weight is 534 g/mol. The normalized spacial score (nSPS) is 12.0. The van der Waals surface area contributed by atoms with Crippen LogP contribution in [-0.4, -0.2) is 34.8 Å². The third-order valence-corrected chi connectivity index (χ3v) is 6.76. The van der Waals surface area contributed by atoms with E-state index in [0.29, 0.717) is 49.6 Å². The Morgan fingerprint density at radius 1 is 1.08 bits per heavy atom. The summed E-state index contributed by atoms with van der Waals surface area (Å²) in [6.07, 6.45) is 6.99. The number of aromatic amines is 1. The van der Waals surface area contributed by atoms with Crippen molar-refractivity contribution in [3.05, 3.63) is 105 Å². The molecule has 1 unspecified atom stereocenters. The number of H-pyrrole nitrogens is 1. The molecule has 190 valence electrons. The first-order valence-electron chi connectivity index (χ1n) is 11.9.